The van der Waals surface area contributed by atoms with Crippen LogP contribution in [0.1, 0.15) is 37.0 Å². The Morgan fingerprint density at radius 1 is 1.48 bits per heavy atom. The molecule has 1 rings (SSSR count). The first kappa shape index (κ1) is 16.4. The van der Waals surface area contributed by atoms with E-state index in [1.165, 1.54) is 25.3 Å². The molecule has 0 aliphatic rings. The van der Waals surface area contributed by atoms with Gasteiger partial charge >= 0.3 is 5.69 Å². The van der Waals surface area contributed by atoms with Crippen LogP contribution in [0.2, 0.25) is 0 Å². The molecule has 21 heavy (non-hydrogen) atoms. The van der Waals surface area contributed by atoms with Gasteiger partial charge in [-0.3, -0.25) is 14.9 Å². The molecule has 7 heteroatoms. The number of nitriles is 1. The molecule has 0 saturated carbocycles. The highest BCUT2D eigenvalue weighted by Crippen LogP contribution is 2.31. The van der Waals surface area contributed by atoms with Crippen LogP contribution >= 0.6 is 0 Å². The third-order valence-corrected chi connectivity index (χ3v) is 3.41. The fourth-order valence-electron chi connectivity index (χ4n) is 1.96. The average Bonchev–Trinajstić information content (AvgIpc) is 2.51. The van der Waals surface area contributed by atoms with Gasteiger partial charge in [0.05, 0.1) is 23.7 Å². The molecular weight excluding hydrogens is 274 g/mol. The van der Waals surface area contributed by atoms with E-state index in [2.05, 4.69) is 11.4 Å². The number of methoxy groups -OCH3 is 1. The number of para-hydroxylation sites is 1. The average molecular weight is 291 g/mol. The Bertz CT molecular complexity index is 588. The van der Waals surface area contributed by atoms with E-state index in [0.29, 0.717) is 12.8 Å². The van der Waals surface area contributed by atoms with Crippen molar-refractivity contribution in [3.63, 3.8) is 0 Å². The Balaban J connectivity index is 3.23. The monoisotopic (exact) mass is 291 g/mol. The first-order chi connectivity index (χ1) is 9.94. The lowest BCUT2D eigenvalue weighted by molar-refractivity contribution is -0.385. The Labute approximate surface area is 122 Å². The molecule has 0 unspecified atom stereocenters. The second-order valence-corrected chi connectivity index (χ2v) is 4.47. The first-order valence-electron chi connectivity index (χ1n) is 6.49. The van der Waals surface area contributed by atoms with E-state index in [9.17, 15) is 20.2 Å². The number of carbonyl (C=O) groups excluding carboxylic acids is 1. The van der Waals surface area contributed by atoms with E-state index in [4.69, 9.17) is 4.74 Å². The van der Waals surface area contributed by atoms with Crippen molar-refractivity contribution in [3.8, 4) is 11.8 Å². The molecule has 1 N–H and O–H groups in total. The van der Waals surface area contributed by atoms with Gasteiger partial charge in [0.25, 0.3) is 5.91 Å². The fraction of sp³-hybridized carbons (Fsp3) is 0.429. The van der Waals surface area contributed by atoms with Gasteiger partial charge < -0.3 is 10.1 Å². The Hall–Kier alpha value is -2.62. The number of hydrogen-bond donors (Lipinski definition) is 1. The molecule has 0 radical (unpaired) electrons. The molecule has 0 aromatic heterocycles. The summed E-state index contributed by atoms with van der Waals surface area (Å²) in [5, 5.41) is 22.8. The summed E-state index contributed by atoms with van der Waals surface area (Å²) in [6.07, 6.45) is 0.867. The van der Waals surface area contributed by atoms with Gasteiger partial charge in [-0.25, -0.2) is 0 Å². The smallest absolute Gasteiger partial charge is 0.311 e. The quantitative estimate of drug-likeness (QED) is 0.640. The maximum atomic E-state index is 12.3. The number of nitrogens with one attached hydrogen (secondary N) is 1. The van der Waals surface area contributed by atoms with E-state index < -0.39 is 16.4 Å². The fourth-order valence-corrected chi connectivity index (χ4v) is 1.96. The molecule has 0 aliphatic heterocycles. The number of rotatable bonds is 6. The minimum absolute atomic E-state index is 0.0354. The number of amides is 1. The van der Waals surface area contributed by atoms with Crippen molar-refractivity contribution in [2.45, 2.75) is 32.2 Å². The molecule has 1 aromatic rings. The summed E-state index contributed by atoms with van der Waals surface area (Å²) in [6.45, 7) is 3.58. The van der Waals surface area contributed by atoms with Crippen LogP contribution in [-0.4, -0.2) is 23.5 Å². The molecule has 0 atom stereocenters. The minimum Gasteiger partial charge on any atom is -0.490 e. The van der Waals surface area contributed by atoms with Gasteiger partial charge in [0.1, 0.15) is 5.54 Å². The standard InChI is InChI=1S/C14H17N3O4/c1-4-14(5-2,9-15)16-13(18)10-7-6-8-11(17(19)20)12(10)21-3/h6-8H,4-5H2,1-3H3,(H,16,18). The molecule has 0 aliphatic carbocycles. The molecule has 0 bridgehead atoms. The zero-order valence-corrected chi connectivity index (χ0v) is 12.2. The summed E-state index contributed by atoms with van der Waals surface area (Å²) in [6, 6.07) is 6.17. The van der Waals surface area contributed by atoms with Crippen LogP contribution in [0.4, 0.5) is 5.69 Å². The maximum absolute atomic E-state index is 12.3. The van der Waals surface area contributed by atoms with Crippen LogP contribution in [0.15, 0.2) is 18.2 Å². The lowest BCUT2D eigenvalue weighted by atomic mass is 9.94. The third kappa shape index (κ3) is 3.28. The number of nitro groups is 1. The highest BCUT2D eigenvalue weighted by molar-refractivity contribution is 5.98. The number of hydrogen-bond acceptors (Lipinski definition) is 5. The van der Waals surface area contributed by atoms with Crippen molar-refractivity contribution in [2.24, 2.45) is 0 Å². The van der Waals surface area contributed by atoms with Crippen molar-refractivity contribution in [1.82, 2.24) is 5.32 Å². The lowest BCUT2D eigenvalue weighted by Crippen LogP contribution is -2.46. The number of ether oxygens (including phenoxy) is 1. The van der Waals surface area contributed by atoms with E-state index in [1.807, 2.05) is 0 Å². The Morgan fingerprint density at radius 3 is 2.52 bits per heavy atom. The number of nitrogens with zero attached hydrogens (tertiary/aromatic N) is 2. The van der Waals surface area contributed by atoms with Gasteiger partial charge in [0.2, 0.25) is 5.75 Å². The number of carbonyl (C=O) groups is 1. The molecule has 1 amide bonds. The molecule has 0 spiro atoms. The Morgan fingerprint density at radius 2 is 2.10 bits per heavy atom. The SMILES string of the molecule is CCC(C#N)(CC)NC(=O)c1cccc([N+](=O)[O-])c1OC. The van der Waals surface area contributed by atoms with Crippen molar-refractivity contribution in [3.05, 3.63) is 33.9 Å². The minimum atomic E-state index is -0.993. The summed E-state index contributed by atoms with van der Waals surface area (Å²) >= 11 is 0. The normalized spacial score (nSPS) is 10.6. The third-order valence-electron chi connectivity index (χ3n) is 3.41. The van der Waals surface area contributed by atoms with Crippen LogP contribution in [0, 0.1) is 21.4 Å². The van der Waals surface area contributed by atoms with Crippen LogP contribution < -0.4 is 10.1 Å². The summed E-state index contributed by atoms with van der Waals surface area (Å²) in [7, 11) is 1.26. The van der Waals surface area contributed by atoms with E-state index in [0.717, 1.165) is 0 Å². The zero-order chi connectivity index (χ0) is 16.0. The molecule has 1 aromatic carbocycles. The van der Waals surface area contributed by atoms with E-state index >= 15 is 0 Å². The van der Waals surface area contributed by atoms with Gasteiger partial charge in [-0.15, -0.1) is 0 Å². The van der Waals surface area contributed by atoms with Gasteiger partial charge in [0, 0.05) is 6.07 Å². The molecule has 0 saturated heterocycles. The largest absolute Gasteiger partial charge is 0.490 e. The maximum Gasteiger partial charge on any atom is 0.311 e. The second-order valence-electron chi connectivity index (χ2n) is 4.47. The van der Waals surface area contributed by atoms with Crippen molar-refractivity contribution >= 4 is 11.6 Å². The predicted molar refractivity (Wildman–Crippen MR) is 76.0 cm³/mol. The van der Waals surface area contributed by atoms with Gasteiger partial charge in [0.15, 0.2) is 0 Å². The van der Waals surface area contributed by atoms with Crippen LogP contribution in [0.25, 0.3) is 0 Å². The van der Waals surface area contributed by atoms with Gasteiger partial charge in [-0.05, 0) is 18.9 Å². The molecule has 0 heterocycles. The van der Waals surface area contributed by atoms with Gasteiger partial charge in [-0.1, -0.05) is 19.9 Å². The van der Waals surface area contributed by atoms with E-state index in [-0.39, 0.29) is 17.0 Å². The van der Waals surface area contributed by atoms with Crippen LogP contribution in [0.5, 0.6) is 5.75 Å². The highest BCUT2D eigenvalue weighted by Gasteiger charge is 2.31. The van der Waals surface area contributed by atoms with Crippen LogP contribution in [-0.2, 0) is 0 Å². The predicted octanol–water partition coefficient (Wildman–Crippen LogP) is 2.42. The lowest BCUT2D eigenvalue weighted by Gasteiger charge is -2.25. The first-order valence-corrected chi connectivity index (χ1v) is 6.49. The summed E-state index contributed by atoms with van der Waals surface area (Å²) in [5.74, 6) is -0.681. The summed E-state index contributed by atoms with van der Waals surface area (Å²) < 4.78 is 4.99. The molecular formula is C14H17N3O4. The number of nitro benzene ring substituents is 1. The van der Waals surface area contributed by atoms with Crippen LogP contribution in [0.3, 0.4) is 0 Å². The zero-order valence-electron chi connectivity index (χ0n) is 12.2. The van der Waals surface area contributed by atoms with E-state index in [1.54, 1.807) is 13.8 Å². The molecule has 0 fully saturated rings. The summed E-state index contributed by atoms with van der Waals surface area (Å²) in [5.41, 5.74) is -1.25. The summed E-state index contributed by atoms with van der Waals surface area (Å²) in [4.78, 5) is 22.7. The van der Waals surface area contributed by atoms with Crippen molar-refractivity contribution < 1.29 is 14.5 Å². The van der Waals surface area contributed by atoms with Crippen molar-refractivity contribution in [2.75, 3.05) is 7.11 Å². The van der Waals surface area contributed by atoms with Crippen molar-refractivity contribution in [1.29, 1.82) is 5.26 Å². The van der Waals surface area contributed by atoms with Gasteiger partial charge in [-0.2, -0.15) is 5.26 Å². The Kier molecular flexibility index (Phi) is 5.24. The topological polar surface area (TPSA) is 105 Å². The highest BCUT2D eigenvalue weighted by atomic mass is 16.6. The second kappa shape index (κ2) is 6.70. The molecule has 7 nitrogen and oxygen atoms in total. The number of benzene rings is 1. The molecule has 112 valence electrons.